The number of anilines is 3. The van der Waals surface area contributed by atoms with Crippen molar-refractivity contribution in [2.24, 2.45) is 0 Å². The summed E-state index contributed by atoms with van der Waals surface area (Å²) in [6, 6.07) is 31.0. The van der Waals surface area contributed by atoms with Crippen LogP contribution in [0.2, 0.25) is 0 Å². The zero-order chi connectivity index (χ0) is 26.4. The molecule has 198 valence electrons. The summed E-state index contributed by atoms with van der Waals surface area (Å²) in [6.07, 6.45) is 2.61. The van der Waals surface area contributed by atoms with Gasteiger partial charge in [0.15, 0.2) is 5.65 Å². The van der Waals surface area contributed by atoms with Crippen molar-refractivity contribution in [3.8, 4) is 17.0 Å². The number of nitrogens with one attached hydrogen (secondary N) is 2. The predicted molar refractivity (Wildman–Crippen MR) is 158 cm³/mol. The van der Waals surface area contributed by atoms with E-state index in [1.807, 2.05) is 40.9 Å². The van der Waals surface area contributed by atoms with Gasteiger partial charge in [0.2, 0.25) is 5.95 Å². The molecule has 5 aromatic rings. The highest BCUT2D eigenvalue weighted by atomic mass is 16.5. The Morgan fingerprint density at radius 1 is 0.846 bits per heavy atom. The minimum Gasteiger partial charge on any atom is -0.492 e. The fourth-order valence-corrected chi connectivity index (χ4v) is 5.05. The average Bonchev–Trinajstić information content (AvgIpc) is 3.63. The lowest BCUT2D eigenvalue weighted by molar-refractivity contribution is 0.238. The van der Waals surface area contributed by atoms with Crippen LogP contribution in [0.4, 0.5) is 17.3 Å². The van der Waals surface area contributed by atoms with Crippen LogP contribution >= 0.6 is 0 Å². The summed E-state index contributed by atoms with van der Waals surface area (Å²) in [4.78, 5) is 7.16. The van der Waals surface area contributed by atoms with Gasteiger partial charge in [0, 0.05) is 30.0 Å². The van der Waals surface area contributed by atoms with Crippen LogP contribution in [0.15, 0.2) is 91.0 Å². The van der Waals surface area contributed by atoms with Gasteiger partial charge in [-0.15, -0.1) is 5.10 Å². The molecule has 3 aromatic carbocycles. The van der Waals surface area contributed by atoms with Gasteiger partial charge in [0.1, 0.15) is 12.4 Å². The number of benzene rings is 3. The third-order valence-electron chi connectivity index (χ3n) is 7.08. The second kappa shape index (κ2) is 11.6. The molecule has 2 aromatic heterocycles. The third kappa shape index (κ3) is 6.21. The zero-order valence-electron chi connectivity index (χ0n) is 22.3. The van der Waals surface area contributed by atoms with Gasteiger partial charge in [-0.2, -0.15) is 4.98 Å². The Balaban J connectivity index is 1.13. The maximum atomic E-state index is 5.93. The number of aryl methyl sites for hydroxylation is 1. The quantitative estimate of drug-likeness (QED) is 0.219. The fourth-order valence-electron chi connectivity index (χ4n) is 5.05. The van der Waals surface area contributed by atoms with E-state index in [0.29, 0.717) is 12.6 Å². The molecule has 0 unspecified atom stereocenters. The van der Waals surface area contributed by atoms with Crippen LogP contribution in [0.25, 0.3) is 16.9 Å². The first kappa shape index (κ1) is 24.9. The molecule has 1 saturated heterocycles. The normalized spacial score (nSPS) is 13.6. The van der Waals surface area contributed by atoms with Crippen LogP contribution < -0.4 is 15.4 Å². The Morgan fingerprint density at radius 2 is 1.67 bits per heavy atom. The Hall–Kier alpha value is -4.36. The summed E-state index contributed by atoms with van der Waals surface area (Å²) >= 11 is 0. The van der Waals surface area contributed by atoms with Gasteiger partial charge in [-0.1, -0.05) is 48.0 Å². The molecule has 0 atom stereocenters. The Labute approximate surface area is 229 Å². The number of hydrogen-bond acceptors (Lipinski definition) is 6. The molecule has 0 amide bonds. The Bertz CT molecular complexity index is 1540. The molecule has 0 radical (unpaired) electrons. The summed E-state index contributed by atoms with van der Waals surface area (Å²) in [5.74, 6) is 1.43. The first-order valence-corrected chi connectivity index (χ1v) is 13.7. The SMILES string of the molecule is Cc1cccc(CNc2cccc(-c3cccc4nc(Nc5ccc(OCCN6CCCC6)cc5)nn34)c2)c1. The van der Waals surface area contributed by atoms with Crippen molar-refractivity contribution in [2.75, 3.05) is 36.9 Å². The van der Waals surface area contributed by atoms with E-state index in [0.717, 1.165) is 47.1 Å². The molecule has 39 heavy (non-hydrogen) atoms. The van der Waals surface area contributed by atoms with Crippen molar-refractivity contribution in [1.82, 2.24) is 19.5 Å². The summed E-state index contributed by atoms with van der Waals surface area (Å²) in [7, 11) is 0. The Morgan fingerprint density at radius 3 is 2.51 bits per heavy atom. The van der Waals surface area contributed by atoms with E-state index in [1.165, 1.54) is 37.1 Å². The van der Waals surface area contributed by atoms with Crippen LogP contribution in [0.5, 0.6) is 5.75 Å². The minimum atomic E-state index is 0.555. The van der Waals surface area contributed by atoms with E-state index in [-0.39, 0.29) is 0 Å². The highest BCUT2D eigenvalue weighted by Crippen LogP contribution is 2.25. The zero-order valence-corrected chi connectivity index (χ0v) is 22.3. The second-order valence-electron chi connectivity index (χ2n) is 10.1. The topological polar surface area (TPSA) is 66.7 Å². The standard InChI is InChI=1S/C32H34N6O/c1-24-7-4-8-25(21-24)23-33-28-10-5-9-26(22-28)30-11-6-12-31-35-32(36-38(30)31)34-27-13-15-29(16-14-27)39-20-19-37-17-2-3-18-37/h4-16,21-22,33H,2-3,17-20,23H2,1H3,(H,34,36). The van der Waals surface area contributed by atoms with E-state index < -0.39 is 0 Å². The number of pyridine rings is 1. The van der Waals surface area contributed by atoms with Crippen LogP contribution in [0.1, 0.15) is 24.0 Å². The molecule has 1 aliphatic heterocycles. The summed E-state index contributed by atoms with van der Waals surface area (Å²) in [5, 5.41) is 11.7. The number of fused-ring (bicyclic) bond motifs is 1. The fraction of sp³-hybridized carbons (Fsp3) is 0.250. The number of rotatable bonds is 10. The lowest BCUT2D eigenvalue weighted by atomic mass is 10.1. The molecule has 0 saturated carbocycles. The van der Waals surface area contributed by atoms with Gasteiger partial charge in [-0.3, -0.25) is 4.90 Å². The van der Waals surface area contributed by atoms with Crippen molar-refractivity contribution in [3.05, 3.63) is 102 Å². The van der Waals surface area contributed by atoms with Gasteiger partial charge in [-0.05, 0) is 86.9 Å². The van der Waals surface area contributed by atoms with Gasteiger partial charge in [0.25, 0.3) is 0 Å². The molecule has 0 aliphatic carbocycles. The molecule has 6 rings (SSSR count). The lowest BCUT2D eigenvalue weighted by Crippen LogP contribution is -2.25. The van der Waals surface area contributed by atoms with Gasteiger partial charge in [0.05, 0.1) is 5.69 Å². The lowest BCUT2D eigenvalue weighted by Gasteiger charge is -2.15. The molecule has 0 bridgehead atoms. The highest BCUT2D eigenvalue weighted by molar-refractivity contribution is 5.68. The highest BCUT2D eigenvalue weighted by Gasteiger charge is 2.12. The number of likely N-dealkylation sites (tertiary alicyclic amines) is 1. The summed E-state index contributed by atoms with van der Waals surface area (Å²) in [6.45, 7) is 6.97. The maximum absolute atomic E-state index is 5.93. The monoisotopic (exact) mass is 518 g/mol. The van der Waals surface area contributed by atoms with Gasteiger partial charge in [-0.25, -0.2) is 4.52 Å². The largest absolute Gasteiger partial charge is 0.492 e. The molecular formula is C32H34N6O. The van der Waals surface area contributed by atoms with Crippen molar-refractivity contribution in [1.29, 1.82) is 0 Å². The molecule has 1 fully saturated rings. The first-order chi connectivity index (χ1) is 19.2. The first-order valence-electron chi connectivity index (χ1n) is 13.7. The smallest absolute Gasteiger partial charge is 0.247 e. The van der Waals surface area contributed by atoms with Crippen molar-refractivity contribution in [2.45, 2.75) is 26.3 Å². The van der Waals surface area contributed by atoms with E-state index in [1.54, 1.807) is 0 Å². The van der Waals surface area contributed by atoms with Crippen molar-refractivity contribution < 1.29 is 4.74 Å². The van der Waals surface area contributed by atoms with Crippen LogP contribution in [0, 0.1) is 6.92 Å². The predicted octanol–water partition coefficient (Wildman–Crippen LogP) is 6.54. The number of nitrogens with zero attached hydrogens (tertiary/aromatic N) is 4. The van der Waals surface area contributed by atoms with Crippen LogP contribution in [-0.4, -0.2) is 45.7 Å². The molecule has 2 N–H and O–H groups in total. The molecule has 0 spiro atoms. The van der Waals surface area contributed by atoms with Crippen molar-refractivity contribution >= 4 is 23.0 Å². The molecule has 7 heteroatoms. The van der Waals surface area contributed by atoms with Gasteiger partial charge >= 0.3 is 0 Å². The number of hydrogen-bond donors (Lipinski definition) is 2. The van der Waals surface area contributed by atoms with E-state index in [2.05, 4.69) is 77.1 Å². The van der Waals surface area contributed by atoms with E-state index >= 15 is 0 Å². The molecule has 7 nitrogen and oxygen atoms in total. The Kier molecular flexibility index (Phi) is 7.41. The average molecular weight is 519 g/mol. The molecule has 3 heterocycles. The second-order valence-corrected chi connectivity index (χ2v) is 10.1. The van der Waals surface area contributed by atoms with E-state index in [4.69, 9.17) is 14.8 Å². The number of ether oxygens (including phenoxy) is 1. The third-order valence-corrected chi connectivity index (χ3v) is 7.08. The summed E-state index contributed by atoms with van der Waals surface area (Å²) in [5.41, 5.74) is 7.35. The minimum absolute atomic E-state index is 0.555. The summed E-state index contributed by atoms with van der Waals surface area (Å²) < 4.78 is 7.82. The molecular weight excluding hydrogens is 484 g/mol. The van der Waals surface area contributed by atoms with Crippen LogP contribution in [0.3, 0.4) is 0 Å². The van der Waals surface area contributed by atoms with Crippen LogP contribution in [-0.2, 0) is 6.54 Å². The number of aromatic nitrogens is 3. The van der Waals surface area contributed by atoms with Gasteiger partial charge < -0.3 is 15.4 Å². The van der Waals surface area contributed by atoms with E-state index in [9.17, 15) is 0 Å². The van der Waals surface area contributed by atoms with Crippen molar-refractivity contribution in [3.63, 3.8) is 0 Å². The maximum Gasteiger partial charge on any atom is 0.247 e. The molecule has 1 aliphatic rings.